The Hall–Kier alpha value is -1.49. The number of carbonyl (C=O) groups is 1. The highest BCUT2D eigenvalue weighted by atomic mass is 19.3. The van der Waals surface area contributed by atoms with Crippen LogP contribution in [-0.2, 0) is 9.53 Å². The lowest BCUT2D eigenvalue weighted by atomic mass is 10.0. The fourth-order valence-electron chi connectivity index (χ4n) is 1.75. The predicted molar refractivity (Wildman–Crippen MR) is 71.4 cm³/mol. The smallest absolute Gasteiger partial charge is 0.380 e. The van der Waals surface area contributed by atoms with E-state index >= 15 is 0 Å². The molecule has 0 fully saturated rings. The summed E-state index contributed by atoms with van der Waals surface area (Å²) in [5.41, 5.74) is -0.0135. The molecule has 0 radical (unpaired) electrons. The first kappa shape index (κ1) is 16.6. The Bertz CT molecular complexity index is 407. The van der Waals surface area contributed by atoms with Gasteiger partial charge in [-0.3, -0.25) is 0 Å². The normalized spacial score (nSPS) is 13.0. The summed E-state index contributed by atoms with van der Waals surface area (Å²) in [5, 5.41) is 9.61. The first-order chi connectivity index (χ1) is 9.50. The molecule has 5 heteroatoms. The van der Waals surface area contributed by atoms with Gasteiger partial charge in [-0.25, -0.2) is 4.79 Å². The molecule has 1 N–H and O–H groups in total. The van der Waals surface area contributed by atoms with Crippen molar-refractivity contribution in [2.75, 3.05) is 6.61 Å². The van der Waals surface area contributed by atoms with Crippen molar-refractivity contribution in [2.24, 2.45) is 0 Å². The molecule has 1 unspecified atom stereocenters. The maximum Gasteiger partial charge on any atom is 0.380 e. The molecular weight excluding hydrogens is 266 g/mol. The van der Waals surface area contributed by atoms with Crippen LogP contribution in [0.4, 0.5) is 8.78 Å². The average molecular weight is 286 g/mol. The van der Waals surface area contributed by atoms with Gasteiger partial charge in [0, 0.05) is 0 Å². The summed E-state index contributed by atoms with van der Waals surface area (Å²) in [7, 11) is 0. The van der Waals surface area contributed by atoms with Crippen molar-refractivity contribution in [3.8, 4) is 0 Å². The van der Waals surface area contributed by atoms with Gasteiger partial charge in [-0.2, -0.15) is 8.78 Å². The van der Waals surface area contributed by atoms with Crippen LogP contribution in [-0.4, -0.2) is 23.6 Å². The molecule has 20 heavy (non-hydrogen) atoms. The number of rotatable bonds is 8. The zero-order chi connectivity index (χ0) is 15.0. The first-order valence-electron chi connectivity index (χ1n) is 6.78. The van der Waals surface area contributed by atoms with Gasteiger partial charge in [0.25, 0.3) is 0 Å². The van der Waals surface area contributed by atoms with Crippen LogP contribution in [0.2, 0.25) is 0 Å². The topological polar surface area (TPSA) is 46.5 Å². The van der Waals surface area contributed by atoms with Crippen LogP contribution >= 0.6 is 0 Å². The highest BCUT2D eigenvalue weighted by Gasteiger charge is 2.48. The highest BCUT2D eigenvalue weighted by molar-refractivity contribution is 5.78. The molecule has 0 aliphatic carbocycles. The second-order valence-corrected chi connectivity index (χ2v) is 4.63. The van der Waals surface area contributed by atoms with E-state index in [0.717, 1.165) is 19.3 Å². The van der Waals surface area contributed by atoms with E-state index in [2.05, 4.69) is 4.74 Å². The third-order valence-electron chi connectivity index (χ3n) is 2.96. The van der Waals surface area contributed by atoms with Crippen molar-refractivity contribution in [3.63, 3.8) is 0 Å². The van der Waals surface area contributed by atoms with Crippen LogP contribution in [0.1, 0.15) is 44.3 Å². The summed E-state index contributed by atoms with van der Waals surface area (Å²) in [6.45, 7) is 1.98. The zero-order valence-corrected chi connectivity index (χ0v) is 11.5. The van der Waals surface area contributed by atoms with Crippen molar-refractivity contribution in [3.05, 3.63) is 35.9 Å². The summed E-state index contributed by atoms with van der Waals surface area (Å²) < 4.78 is 32.0. The van der Waals surface area contributed by atoms with Crippen molar-refractivity contribution < 1.29 is 23.4 Å². The number of benzene rings is 1. The van der Waals surface area contributed by atoms with E-state index in [1.54, 1.807) is 6.07 Å². The SMILES string of the molecule is CCCCCCOC(=O)C(F)(F)C(O)c1ccccc1. The number of halogens is 2. The number of hydrogen-bond acceptors (Lipinski definition) is 3. The lowest BCUT2D eigenvalue weighted by Gasteiger charge is -2.21. The van der Waals surface area contributed by atoms with Crippen LogP contribution in [0.25, 0.3) is 0 Å². The molecule has 1 rings (SSSR count). The third kappa shape index (κ3) is 4.56. The zero-order valence-electron chi connectivity index (χ0n) is 11.5. The van der Waals surface area contributed by atoms with Crippen LogP contribution in [0.5, 0.6) is 0 Å². The van der Waals surface area contributed by atoms with E-state index in [-0.39, 0.29) is 12.2 Å². The summed E-state index contributed by atoms with van der Waals surface area (Å²) >= 11 is 0. The molecule has 3 nitrogen and oxygen atoms in total. The summed E-state index contributed by atoms with van der Waals surface area (Å²) in [6, 6.07) is 7.36. The van der Waals surface area contributed by atoms with Crippen LogP contribution in [0.3, 0.4) is 0 Å². The summed E-state index contributed by atoms with van der Waals surface area (Å²) in [4.78, 5) is 11.4. The van der Waals surface area contributed by atoms with Gasteiger partial charge in [0.15, 0.2) is 6.10 Å². The molecule has 0 amide bonds. The first-order valence-corrected chi connectivity index (χ1v) is 6.78. The number of hydrogen-bond donors (Lipinski definition) is 1. The second-order valence-electron chi connectivity index (χ2n) is 4.63. The standard InChI is InChI=1S/C15H20F2O3/c1-2-3-4-8-11-20-14(19)15(16,17)13(18)12-9-6-5-7-10-12/h5-7,9-10,13,18H,2-4,8,11H2,1H3. The van der Waals surface area contributed by atoms with Gasteiger partial charge < -0.3 is 9.84 Å². The Morgan fingerprint density at radius 2 is 1.90 bits per heavy atom. The number of aliphatic hydroxyl groups excluding tert-OH is 1. The second kappa shape index (κ2) is 7.94. The quantitative estimate of drug-likeness (QED) is 0.588. The van der Waals surface area contributed by atoms with Crippen LogP contribution in [0, 0.1) is 0 Å². The Morgan fingerprint density at radius 3 is 2.50 bits per heavy atom. The number of unbranched alkanes of at least 4 members (excludes halogenated alkanes) is 3. The predicted octanol–water partition coefficient (Wildman–Crippen LogP) is 3.48. The third-order valence-corrected chi connectivity index (χ3v) is 2.96. The largest absolute Gasteiger partial charge is 0.461 e. The lowest BCUT2D eigenvalue weighted by Crippen LogP contribution is -2.37. The monoisotopic (exact) mass is 286 g/mol. The molecule has 112 valence electrons. The molecule has 0 saturated carbocycles. The minimum Gasteiger partial charge on any atom is -0.461 e. The molecule has 1 atom stereocenters. The fraction of sp³-hybridized carbons (Fsp3) is 0.533. The maximum atomic E-state index is 13.7. The summed E-state index contributed by atoms with van der Waals surface area (Å²) in [6.07, 6.45) is 1.18. The maximum absolute atomic E-state index is 13.7. The van der Waals surface area contributed by atoms with Crippen molar-refractivity contribution in [1.82, 2.24) is 0 Å². The molecule has 0 aliphatic rings. The van der Waals surface area contributed by atoms with Crippen LogP contribution < -0.4 is 0 Å². The number of esters is 1. The minimum atomic E-state index is -3.94. The Labute approximate surface area is 117 Å². The van der Waals surface area contributed by atoms with E-state index in [9.17, 15) is 18.7 Å². The van der Waals surface area contributed by atoms with Gasteiger partial charge in [0.2, 0.25) is 0 Å². The lowest BCUT2D eigenvalue weighted by molar-refractivity contribution is -0.189. The Balaban J connectivity index is 2.52. The molecule has 0 bridgehead atoms. The van der Waals surface area contributed by atoms with Gasteiger partial charge in [-0.05, 0) is 12.0 Å². The van der Waals surface area contributed by atoms with Crippen molar-refractivity contribution >= 4 is 5.97 Å². The average Bonchev–Trinajstić information content (AvgIpc) is 2.46. The number of alkyl halides is 2. The fourth-order valence-corrected chi connectivity index (χ4v) is 1.75. The number of aliphatic hydroxyl groups is 1. The molecule has 0 aliphatic heterocycles. The van der Waals surface area contributed by atoms with Gasteiger partial charge >= 0.3 is 11.9 Å². The van der Waals surface area contributed by atoms with E-state index in [0.29, 0.717) is 6.42 Å². The highest BCUT2D eigenvalue weighted by Crippen LogP contribution is 2.32. The number of ether oxygens (including phenoxy) is 1. The minimum absolute atomic E-state index is 0.0135. The van der Waals surface area contributed by atoms with E-state index in [1.165, 1.54) is 24.3 Å². The Morgan fingerprint density at radius 1 is 1.25 bits per heavy atom. The van der Waals surface area contributed by atoms with Gasteiger partial charge in [-0.15, -0.1) is 0 Å². The molecule has 0 aromatic heterocycles. The van der Waals surface area contributed by atoms with Crippen molar-refractivity contribution in [2.45, 2.75) is 44.6 Å². The Kier molecular flexibility index (Phi) is 6.58. The molecule has 0 spiro atoms. The molecule has 0 saturated heterocycles. The van der Waals surface area contributed by atoms with Gasteiger partial charge in [0.1, 0.15) is 0 Å². The van der Waals surface area contributed by atoms with E-state index in [1.807, 2.05) is 6.92 Å². The van der Waals surface area contributed by atoms with Gasteiger partial charge in [0.05, 0.1) is 6.61 Å². The molecule has 1 aromatic rings. The molecule has 0 heterocycles. The summed E-state index contributed by atoms with van der Waals surface area (Å²) in [5.74, 6) is -5.61. The number of carbonyl (C=O) groups excluding carboxylic acids is 1. The molecular formula is C15H20F2O3. The van der Waals surface area contributed by atoms with E-state index < -0.39 is 18.0 Å². The van der Waals surface area contributed by atoms with Crippen LogP contribution in [0.15, 0.2) is 30.3 Å². The van der Waals surface area contributed by atoms with Gasteiger partial charge in [-0.1, -0.05) is 56.5 Å². The van der Waals surface area contributed by atoms with Crippen molar-refractivity contribution in [1.29, 1.82) is 0 Å². The van der Waals surface area contributed by atoms with E-state index in [4.69, 9.17) is 0 Å². The molecule has 1 aromatic carbocycles.